The van der Waals surface area contributed by atoms with Crippen LogP contribution in [-0.4, -0.2) is 40.6 Å². The van der Waals surface area contributed by atoms with Crippen molar-refractivity contribution >= 4 is 46.4 Å². The first-order valence-corrected chi connectivity index (χ1v) is 29.7. The van der Waals surface area contributed by atoms with E-state index in [-0.39, 0.29) is 0 Å². The quantitative estimate of drug-likeness (QED) is 0.329. The Kier molecular flexibility index (Phi) is 6.38. The van der Waals surface area contributed by atoms with E-state index in [0.717, 1.165) is 0 Å². The Bertz CT molecular complexity index is 1000. The SMILES string of the molecule is C[Si](C)(C)C1([Si](C)(C)C)CCC([Si](C)(C)C)([Si](C)(C)C)[Si]12OC(c1ccccc1)=C1C=CC=CC12. The van der Waals surface area contributed by atoms with Crippen LogP contribution in [-0.2, 0) is 4.43 Å². The van der Waals surface area contributed by atoms with Crippen molar-refractivity contribution in [3.63, 3.8) is 0 Å². The lowest BCUT2D eigenvalue weighted by atomic mass is 10.0. The maximum Gasteiger partial charge on any atom is 0.264 e. The summed E-state index contributed by atoms with van der Waals surface area (Å²) in [4.78, 5) is 0. The summed E-state index contributed by atoms with van der Waals surface area (Å²) in [5.74, 6) is 1.24. The van der Waals surface area contributed by atoms with Crippen LogP contribution in [0.5, 0.6) is 0 Å². The number of fused-ring (bicyclic) bond motifs is 2. The van der Waals surface area contributed by atoms with Gasteiger partial charge in [0.2, 0.25) is 0 Å². The second kappa shape index (κ2) is 8.16. The molecule has 0 bridgehead atoms. The summed E-state index contributed by atoms with van der Waals surface area (Å²) in [5, 5.41) is 0. The van der Waals surface area contributed by atoms with Crippen LogP contribution in [0.4, 0.5) is 0 Å². The molecule has 1 spiro atoms. The van der Waals surface area contributed by atoms with Crippen molar-refractivity contribution < 1.29 is 4.43 Å². The summed E-state index contributed by atoms with van der Waals surface area (Å²) in [6.07, 6.45) is 12.6. The fourth-order valence-electron chi connectivity index (χ4n) is 10.0. The van der Waals surface area contributed by atoms with Gasteiger partial charge in [-0.2, -0.15) is 0 Å². The van der Waals surface area contributed by atoms with Gasteiger partial charge in [-0.1, -0.05) is 146 Å². The molecular formula is C29H50OSi5. The molecule has 1 saturated heterocycles. The van der Waals surface area contributed by atoms with E-state index in [1.54, 1.807) is 0 Å². The smallest absolute Gasteiger partial charge is 0.264 e. The Hall–Kier alpha value is -0.676. The normalized spacial score (nSPS) is 25.2. The molecule has 0 saturated carbocycles. The standard InChI is InChI=1S/C29H50OSi5/c1-31(2,3)28(32(4,5)6)22-23-29(33(7,8)9,34(10,11)12)35(28)26-21-17-16-20-25(26)27(30-35)24-18-14-13-15-19-24/h13-21,26H,22-23H2,1-12H3. The highest BCUT2D eigenvalue weighted by Gasteiger charge is 2.86. The van der Waals surface area contributed by atoms with Gasteiger partial charge in [0.05, 0.1) is 0 Å². The van der Waals surface area contributed by atoms with Crippen molar-refractivity contribution in [2.24, 2.45) is 0 Å². The molecule has 0 amide bonds. The number of allylic oxidation sites excluding steroid dienone is 5. The van der Waals surface area contributed by atoms with Gasteiger partial charge in [0, 0.05) is 49.0 Å². The summed E-state index contributed by atoms with van der Waals surface area (Å²) in [7, 11) is -9.01. The zero-order valence-corrected chi connectivity index (χ0v) is 29.6. The first-order valence-electron chi connectivity index (χ1n) is 13.7. The van der Waals surface area contributed by atoms with Crippen LogP contribution >= 0.6 is 0 Å². The third-order valence-electron chi connectivity index (χ3n) is 10.3. The Morgan fingerprint density at radius 3 is 1.57 bits per heavy atom. The molecule has 1 fully saturated rings. The molecule has 1 unspecified atom stereocenters. The lowest BCUT2D eigenvalue weighted by molar-refractivity contribution is 0.486. The number of benzene rings is 1. The van der Waals surface area contributed by atoms with Gasteiger partial charge in [0.1, 0.15) is 5.76 Å². The maximum absolute atomic E-state index is 8.14. The predicted molar refractivity (Wildman–Crippen MR) is 170 cm³/mol. The lowest BCUT2D eigenvalue weighted by Crippen LogP contribution is -2.77. The molecule has 3 aliphatic rings. The van der Waals surface area contributed by atoms with Gasteiger partial charge >= 0.3 is 0 Å². The van der Waals surface area contributed by atoms with E-state index >= 15 is 0 Å². The molecule has 192 valence electrons. The zero-order valence-electron chi connectivity index (χ0n) is 24.6. The van der Waals surface area contributed by atoms with E-state index in [9.17, 15) is 0 Å². The molecule has 1 aromatic rings. The molecule has 35 heavy (non-hydrogen) atoms. The van der Waals surface area contributed by atoms with Gasteiger partial charge in [-0.3, -0.25) is 0 Å². The number of rotatable bonds is 5. The fourth-order valence-corrected chi connectivity index (χ4v) is 60.7. The van der Waals surface area contributed by atoms with E-state index in [2.05, 4.69) is 133 Å². The maximum atomic E-state index is 8.14. The summed E-state index contributed by atoms with van der Waals surface area (Å²) in [5.41, 5.74) is 3.29. The van der Waals surface area contributed by atoms with Crippen LogP contribution in [0.25, 0.3) is 5.76 Å². The van der Waals surface area contributed by atoms with Gasteiger partial charge < -0.3 is 4.43 Å². The third kappa shape index (κ3) is 3.38. The zero-order chi connectivity index (χ0) is 26.3. The Labute approximate surface area is 221 Å². The van der Waals surface area contributed by atoms with Crippen molar-refractivity contribution in [2.75, 3.05) is 0 Å². The summed E-state index contributed by atoms with van der Waals surface area (Å²) in [6, 6.07) is 11.1. The fraction of sp³-hybridized carbons (Fsp3) is 0.586. The average molecular weight is 555 g/mol. The second-order valence-electron chi connectivity index (χ2n) is 15.5. The van der Waals surface area contributed by atoms with Crippen molar-refractivity contribution in [1.29, 1.82) is 0 Å². The largest absolute Gasteiger partial charge is 0.542 e. The van der Waals surface area contributed by atoms with Gasteiger partial charge in [-0.05, 0) is 8.57 Å². The van der Waals surface area contributed by atoms with Gasteiger partial charge in [0.15, 0.2) is 0 Å². The minimum absolute atomic E-state index is 0.426. The number of hydrogen-bond acceptors (Lipinski definition) is 1. The Morgan fingerprint density at radius 2 is 1.14 bits per heavy atom. The van der Waals surface area contributed by atoms with E-state index in [0.29, 0.717) is 14.1 Å². The van der Waals surface area contributed by atoms with E-state index < -0.39 is 40.6 Å². The summed E-state index contributed by atoms with van der Waals surface area (Å²) in [6.45, 7) is 32.6. The minimum atomic E-state index is -2.44. The molecule has 6 heteroatoms. The first kappa shape index (κ1) is 27.4. The van der Waals surface area contributed by atoms with Crippen LogP contribution in [0.15, 0.2) is 60.2 Å². The Morgan fingerprint density at radius 1 is 0.686 bits per heavy atom. The molecule has 1 aliphatic carbocycles. The molecule has 0 radical (unpaired) electrons. The molecule has 1 atom stereocenters. The minimum Gasteiger partial charge on any atom is -0.542 e. The van der Waals surface area contributed by atoms with Crippen LogP contribution in [0.1, 0.15) is 18.4 Å². The Balaban J connectivity index is 2.19. The van der Waals surface area contributed by atoms with Crippen molar-refractivity contribution in [3.05, 3.63) is 65.8 Å². The van der Waals surface area contributed by atoms with Gasteiger partial charge in [-0.15, -0.1) is 0 Å². The van der Waals surface area contributed by atoms with Crippen LogP contribution in [0.3, 0.4) is 0 Å². The average Bonchev–Trinajstić information content (AvgIpc) is 3.23. The van der Waals surface area contributed by atoms with Crippen LogP contribution in [0, 0.1) is 0 Å². The highest BCUT2D eigenvalue weighted by Crippen LogP contribution is 2.81. The monoisotopic (exact) mass is 554 g/mol. The topological polar surface area (TPSA) is 9.23 Å². The molecule has 0 N–H and O–H groups in total. The summed E-state index contributed by atoms with van der Waals surface area (Å²) >= 11 is 0. The summed E-state index contributed by atoms with van der Waals surface area (Å²) < 4.78 is 8.99. The molecule has 4 rings (SSSR count). The predicted octanol–water partition coefficient (Wildman–Crippen LogP) is 9.65. The third-order valence-corrected chi connectivity index (χ3v) is 48.9. The molecule has 1 aromatic carbocycles. The molecular weight excluding hydrogens is 505 g/mol. The first-order chi connectivity index (χ1) is 15.9. The highest BCUT2D eigenvalue weighted by molar-refractivity contribution is 7.26. The van der Waals surface area contributed by atoms with Gasteiger partial charge in [-0.25, -0.2) is 0 Å². The van der Waals surface area contributed by atoms with Gasteiger partial charge in [0.25, 0.3) is 8.32 Å². The second-order valence-corrected chi connectivity index (χ2v) is 43.9. The van der Waals surface area contributed by atoms with Crippen molar-refractivity contribution in [2.45, 2.75) is 106 Å². The van der Waals surface area contributed by atoms with E-state index in [1.807, 2.05) is 0 Å². The molecule has 2 aliphatic heterocycles. The lowest BCUT2D eigenvalue weighted by Gasteiger charge is -2.66. The molecule has 0 aromatic heterocycles. The van der Waals surface area contributed by atoms with Crippen molar-refractivity contribution in [3.8, 4) is 0 Å². The number of hydrogen-bond donors (Lipinski definition) is 0. The van der Waals surface area contributed by atoms with E-state index in [1.165, 1.54) is 29.7 Å². The molecule has 1 nitrogen and oxygen atoms in total. The van der Waals surface area contributed by atoms with E-state index in [4.69, 9.17) is 4.43 Å². The molecule has 2 heterocycles. The van der Waals surface area contributed by atoms with Crippen LogP contribution in [0.2, 0.25) is 92.7 Å². The van der Waals surface area contributed by atoms with Crippen molar-refractivity contribution in [1.82, 2.24) is 0 Å². The highest BCUT2D eigenvalue weighted by atomic mass is 28.5. The van der Waals surface area contributed by atoms with Crippen LogP contribution < -0.4 is 0 Å².